The van der Waals surface area contributed by atoms with Crippen molar-refractivity contribution in [3.63, 3.8) is 0 Å². The van der Waals surface area contributed by atoms with Crippen molar-refractivity contribution in [3.8, 4) is 0 Å². The van der Waals surface area contributed by atoms with E-state index < -0.39 is 34.3 Å². The number of anilines is 1. The number of rotatable bonds is 11. The lowest BCUT2D eigenvalue weighted by atomic mass is 10.1. The smallest absolute Gasteiger partial charge is 0.244 e. The molecule has 0 fully saturated rings. The Morgan fingerprint density at radius 3 is 2.23 bits per heavy atom. The van der Waals surface area contributed by atoms with Crippen LogP contribution in [0, 0.1) is 25.6 Å². The highest BCUT2D eigenvalue weighted by molar-refractivity contribution is 7.92. The Labute approximate surface area is 208 Å². The second kappa shape index (κ2) is 12.2. The summed E-state index contributed by atoms with van der Waals surface area (Å²) in [6, 6.07) is 10.3. The number of carbonyl (C=O) groups excluding carboxylic acids is 2. The van der Waals surface area contributed by atoms with Crippen LogP contribution in [0.4, 0.5) is 10.1 Å². The molecule has 0 radical (unpaired) electrons. The zero-order valence-electron chi connectivity index (χ0n) is 21.3. The van der Waals surface area contributed by atoms with E-state index in [4.69, 9.17) is 0 Å². The van der Waals surface area contributed by atoms with E-state index in [2.05, 4.69) is 5.32 Å². The zero-order chi connectivity index (χ0) is 26.3. The van der Waals surface area contributed by atoms with Crippen LogP contribution in [0.3, 0.4) is 0 Å². The minimum absolute atomic E-state index is 0.0388. The van der Waals surface area contributed by atoms with Crippen LogP contribution in [0.25, 0.3) is 0 Å². The lowest BCUT2D eigenvalue weighted by molar-refractivity contribution is -0.140. The summed E-state index contributed by atoms with van der Waals surface area (Å²) < 4.78 is 40.0. The third kappa shape index (κ3) is 8.06. The molecule has 1 atom stereocenters. The molecular formula is C26H36FN3O4S. The van der Waals surface area contributed by atoms with Gasteiger partial charge in [0.05, 0.1) is 11.9 Å². The number of nitrogens with one attached hydrogen (secondary N) is 1. The average molecular weight is 506 g/mol. The summed E-state index contributed by atoms with van der Waals surface area (Å²) in [6.07, 6.45) is 1.39. The lowest BCUT2D eigenvalue weighted by Gasteiger charge is -2.33. The maximum Gasteiger partial charge on any atom is 0.244 e. The number of halogens is 1. The van der Waals surface area contributed by atoms with Crippen LogP contribution in [0.1, 0.15) is 43.9 Å². The molecule has 0 aliphatic carbocycles. The first-order valence-electron chi connectivity index (χ1n) is 11.7. The van der Waals surface area contributed by atoms with Crippen molar-refractivity contribution in [2.75, 3.05) is 23.7 Å². The number of hydrogen-bond acceptors (Lipinski definition) is 4. The molecule has 2 rings (SSSR count). The van der Waals surface area contributed by atoms with Crippen LogP contribution in [0.2, 0.25) is 0 Å². The Kier molecular flexibility index (Phi) is 9.82. The Balaban J connectivity index is 2.45. The summed E-state index contributed by atoms with van der Waals surface area (Å²) in [4.78, 5) is 28.1. The fourth-order valence-corrected chi connectivity index (χ4v) is 4.61. The molecule has 2 aromatic rings. The molecule has 0 aliphatic rings. The first-order chi connectivity index (χ1) is 16.3. The third-order valence-electron chi connectivity index (χ3n) is 5.65. The van der Waals surface area contributed by atoms with Crippen LogP contribution in [-0.4, -0.2) is 50.5 Å². The number of hydrogen-bond donors (Lipinski definition) is 1. The van der Waals surface area contributed by atoms with Gasteiger partial charge in [-0.25, -0.2) is 12.8 Å². The third-order valence-corrected chi connectivity index (χ3v) is 6.78. The zero-order valence-corrected chi connectivity index (χ0v) is 22.2. The molecule has 1 N–H and O–H groups in total. The largest absolute Gasteiger partial charge is 0.354 e. The Bertz CT molecular complexity index is 1130. The van der Waals surface area contributed by atoms with Gasteiger partial charge in [0.25, 0.3) is 0 Å². The molecule has 192 valence electrons. The summed E-state index contributed by atoms with van der Waals surface area (Å²) in [7, 11) is -3.80. The van der Waals surface area contributed by atoms with E-state index in [1.807, 2.05) is 26.8 Å². The number of carbonyl (C=O) groups is 2. The van der Waals surface area contributed by atoms with Crippen molar-refractivity contribution < 1.29 is 22.4 Å². The van der Waals surface area contributed by atoms with E-state index in [0.29, 0.717) is 29.8 Å². The van der Waals surface area contributed by atoms with Crippen molar-refractivity contribution in [3.05, 3.63) is 65.0 Å². The molecule has 0 spiro atoms. The van der Waals surface area contributed by atoms with Crippen LogP contribution in [-0.2, 0) is 26.2 Å². The van der Waals surface area contributed by atoms with Crippen LogP contribution in [0.5, 0.6) is 0 Å². The van der Waals surface area contributed by atoms with Crippen LogP contribution < -0.4 is 9.62 Å². The van der Waals surface area contributed by atoms with Crippen molar-refractivity contribution in [2.45, 2.75) is 53.6 Å². The van der Waals surface area contributed by atoms with Crippen molar-refractivity contribution in [1.29, 1.82) is 0 Å². The molecular weight excluding hydrogens is 469 g/mol. The number of nitrogens with zero attached hydrogens (tertiary/aromatic N) is 2. The Morgan fingerprint density at radius 1 is 1.06 bits per heavy atom. The predicted molar refractivity (Wildman–Crippen MR) is 137 cm³/mol. The summed E-state index contributed by atoms with van der Waals surface area (Å²) in [6.45, 7) is 9.39. The Morgan fingerprint density at radius 2 is 1.69 bits per heavy atom. The summed E-state index contributed by atoms with van der Waals surface area (Å²) in [5.74, 6) is -1.02. The van der Waals surface area contributed by atoms with Crippen molar-refractivity contribution >= 4 is 27.5 Å². The Hall–Kier alpha value is -2.94. The standard InChI is InChI=1S/C26H36FN3O4S/c1-7-23(26(32)28-15-18(2)3)29(16-21-10-12-22(27)13-11-21)25(31)17-30(35(6,33)34)24-14-19(4)8-9-20(24)5/h8-14,18,23H,7,15-17H2,1-6H3,(H,28,32)/t23-/m0/s1. The van der Waals surface area contributed by atoms with Gasteiger partial charge in [-0.05, 0) is 61.1 Å². The summed E-state index contributed by atoms with van der Waals surface area (Å²) >= 11 is 0. The molecule has 9 heteroatoms. The second-order valence-corrected chi connectivity index (χ2v) is 11.2. The SMILES string of the molecule is CC[C@@H](C(=O)NCC(C)C)N(Cc1ccc(F)cc1)C(=O)CN(c1cc(C)ccc1C)S(C)(=O)=O. The maximum atomic E-state index is 13.6. The number of sulfonamides is 1. The minimum Gasteiger partial charge on any atom is -0.354 e. The van der Waals surface area contributed by atoms with Gasteiger partial charge in [0, 0.05) is 13.1 Å². The van der Waals surface area contributed by atoms with Gasteiger partial charge in [-0.3, -0.25) is 13.9 Å². The molecule has 2 amide bonds. The number of aryl methyl sites for hydroxylation is 2. The molecule has 0 saturated heterocycles. The van der Waals surface area contributed by atoms with Gasteiger partial charge < -0.3 is 10.2 Å². The first kappa shape index (κ1) is 28.3. The molecule has 0 heterocycles. The average Bonchev–Trinajstić information content (AvgIpc) is 2.78. The number of amides is 2. The highest BCUT2D eigenvalue weighted by Gasteiger charge is 2.32. The van der Waals surface area contributed by atoms with Gasteiger partial charge in [0.1, 0.15) is 18.4 Å². The van der Waals surface area contributed by atoms with E-state index in [1.54, 1.807) is 38.1 Å². The molecule has 0 saturated carbocycles. The van der Waals surface area contributed by atoms with E-state index >= 15 is 0 Å². The van der Waals surface area contributed by atoms with Crippen LogP contribution in [0.15, 0.2) is 42.5 Å². The molecule has 0 unspecified atom stereocenters. The maximum absolute atomic E-state index is 13.6. The van der Waals surface area contributed by atoms with Gasteiger partial charge in [-0.1, -0.05) is 45.0 Å². The molecule has 35 heavy (non-hydrogen) atoms. The molecule has 0 aromatic heterocycles. The van der Waals surface area contributed by atoms with Crippen LogP contribution >= 0.6 is 0 Å². The lowest BCUT2D eigenvalue weighted by Crippen LogP contribution is -2.52. The van der Waals surface area contributed by atoms with E-state index in [1.165, 1.54) is 17.0 Å². The van der Waals surface area contributed by atoms with Gasteiger partial charge in [0.2, 0.25) is 21.8 Å². The summed E-state index contributed by atoms with van der Waals surface area (Å²) in [5, 5.41) is 2.87. The minimum atomic E-state index is -3.80. The first-order valence-corrected chi connectivity index (χ1v) is 13.5. The highest BCUT2D eigenvalue weighted by atomic mass is 32.2. The molecule has 7 nitrogen and oxygen atoms in total. The summed E-state index contributed by atoms with van der Waals surface area (Å²) in [5.41, 5.74) is 2.61. The molecule has 2 aromatic carbocycles. The second-order valence-electron chi connectivity index (χ2n) is 9.27. The van der Waals surface area contributed by atoms with Gasteiger partial charge >= 0.3 is 0 Å². The van der Waals surface area contributed by atoms with Crippen molar-refractivity contribution in [2.24, 2.45) is 5.92 Å². The van der Waals surface area contributed by atoms with Crippen molar-refractivity contribution in [1.82, 2.24) is 10.2 Å². The molecule has 0 aliphatic heterocycles. The fourth-order valence-electron chi connectivity index (χ4n) is 3.71. The van der Waals surface area contributed by atoms with E-state index in [0.717, 1.165) is 16.1 Å². The van der Waals surface area contributed by atoms with Gasteiger partial charge in [-0.15, -0.1) is 0 Å². The normalized spacial score (nSPS) is 12.3. The van der Waals surface area contributed by atoms with Gasteiger partial charge in [-0.2, -0.15) is 0 Å². The van der Waals surface area contributed by atoms with E-state index in [-0.39, 0.29) is 18.4 Å². The quantitative estimate of drug-likeness (QED) is 0.504. The fraction of sp³-hybridized carbons (Fsp3) is 0.462. The van der Waals surface area contributed by atoms with Gasteiger partial charge in [0.15, 0.2) is 0 Å². The topological polar surface area (TPSA) is 86.8 Å². The molecule has 0 bridgehead atoms. The highest BCUT2D eigenvalue weighted by Crippen LogP contribution is 2.25. The number of benzene rings is 2. The monoisotopic (exact) mass is 505 g/mol. The predicted octanol–water partition coefficient (Wildman–Crippen LogP) is 3.79. The van der Waals surface area contributed by atoms with E-state index in [9.17, 15) is 22.4 Å².